The number of carboxylic acids is 2. The van der Waals surface area contributed by atoms with E-state index in [0.29, 0.717) is 0 Å². The van der Waals surface area contributed by atoms with Gasteiger partial charge in [0.1, 0.15) is 11.7 Å². The maximum Gasteiger partial charge on any atom is 0.326 e. The number of aliphatic carboxylic acids is 2. The third-order valence-electron chi connectivity index (χ3n) is 2.49. The fourth-order valence-electron chi connectivity index (χ4n) is 1.54. The maximum absolute atomic E-state index is 11.7. The van der Waals surface area contributed by atoms with Gasteiger partial charge in [0.25, 0.3) is 11.5 Å². The van der Waals surface area contributed by atoms with Gasteiger partial charge >= 0.3 is 17.6 Å². The van der Waals surface area contributed by atoms with E-state index in [-0.39, 0.29) is 25.0 Å². The minimum atomic E-state index is -1.35. The first kappa shape index (κ1) is 16.1. The highest BCUT2D eigenvalue weighted by molar-refractivity contribution is 5.94. The van der Waals surface area contributed by atoms with Crippen molar-refractivity contribution in [2.75, 3.05) is 0 Å². The predicted octanol–water partition coefficient (Wildman–Crippen LogP) is -1.50. The second-order valence-corrected chi connectivity index (χ2v) is 4.15. The first-order chi connectivity index (χ1) is 9.79. The third kappa shape index (κ3) is 5.30. The molecular weight excluding hydrogens is 286 g/mol. The Balaban J connectivity index is 2.76. The lowest BCUT2D eigenvalue weighted by atomic mass is 10.1. The van der Waals surface area contributed by atoms with Gasteiger partial charge in [0.2, 0.25) is 0 Å². The van der Waals surface area contributed by atoms with E-state index in [1.165, 1.54) is 0 Å². The van der Waals surface area contributed by atoms with Gasteiger partial charge < -0.3 is 20.5 Å². The minimum absolute atomic E-state index is 0.0540. The number of aromatic nitrogens is 2. The van der Waals surface area contributed by atoms with Gasteiger partial charge in [-0.25, -0.2) is 9.59 Å². The summed E-state index contributed by atoms with van der Waals surface area (Å²) in [5, 5.41) is 19.5. The zero-order chi connectivity index (χ0) is 16.0. The average molecular weight is 299 g/mol. The number of carbonyl (C=O) groups excluding carboxylic acids is 1. The van der Waals surface area contributed by atoms with E-state index in [0.717, 1.165) is 6.07 Å². The molecule has 1 rings (SSSR count). The van der Waals surface area contributed by atoms with Crippen LogP contribution in [0.5, 0.6) is 0 Å². The molecule has 1 aromatic rings. The van der Waals surface area contributed by atoms with Crippen molar-refractivity contribution in [3.05, 3.63) is 32.6 Å². The highest BCUT2D eigenvalue weighted by atomic mass is 16.4. The molecular formula is C11H13N3O7. The quantitative estimate of drug-likeness (QED) is 0.408. The number of rotatable bonds is 7. The lowest BCUT2D eigenvalue weighted by Gasteiger charge is -2.13. The molecule has 0 unspecified atom stereocenters. The van der Waals surface area contributed by atoms with Crippen LogP contribution in [-0.2, 0) is 9.59 Å². The van der Waals surface area contributed by atoms with E-state index < -0.39 is 35.1 Å². The fourth-order valence-corrected chi connectivity index (χ4v) is 1.54. The summed E-state index contributed by atoms with van der Waals surface area (Å²) >= 11 is 0. The largest absolute Gasteiger partial charge is 0.481 e. The van der Waals surface area contributed by atoms with E-state index >= 15 is 0 Å². The molecule has 21 heavy (non-hydrogen) atoms. The van der Waals surface area contributed by atoms with Gasteiger partial charge in [-0.1, -0.05) is 0 Å². The second kappa shape index (κ2) is 7.03. The summed E-state index contributed by atoms with van der Waals surface area (Å²) in [6.07, 6.45) is -0.277. The Morgan fingerprint density at radius 3 is 2.38 bits per heavy atom. The van der Waals surface area contributed by atoms with Gasteiger partial charge in [0, 0.05) is 12.5 Å². The first-order valence-electron chi connectivity index (χ1n) is 5.88. The predicted molar refractivity (Wildman–Crippen MR) is 68.1 cm³/mol. The molecule has 0 aliphatic rings. The number of nitrogens with one attached hydrogen (secondary N) is 3. The molecule has 0 bridgehead atoms. The molecule has 0 aliphatic carbocycles. The van der Waals surface area contributed by atoms with Gasteiger partial charge in [0.05, 0.1) is 0 Å². The van der Waals surface area contributed by atoms with Crippen molar-refractivity contribution < 1.29 is 24.6 Å². The lowest BCUT2D eigenvalue weighted by molar-refractivity contribution is -0.140. The molecule has 0 spiro atoms. The number of hydrogen-bond acceptors (Lipinski definition) is 5. The molecule has 0 saturated heterocycles. The van der Waals surface area contributed by atoms with Gasteiger partial charge in [-0.2, -0.15) is 0 Å². The summed E-state index contributed by atoms with van der Waals surface area (Å²) in [6, 6.07) is -0.507. The van der Waals surface area contributed by atoms with Crippen molar-refractivity contribution in [3.8, 4) is 0 Å². The Bertz CT molecular complexity index is 632. The summed E-state index contributed by atoms with van der Waals surface area (Å²) in [5.41, 5.74) is -2.08. The van der Waals surface area contributed by atoms with Crippen molar-refractivity contribution >= 4 is 17.8 Å². The van der Waals surface area contributed by atoms with Crippen LogP contribution in [0.1, 0.15) is 29.8 Å². The average Bonchev–Trinajstić information content (AvgIpc) is 2.35. The fraction of sp³-hybridized carbons (Fsp3) is 0.364. The maximum atomic E-state index is 11.7. The van der Waals surface area contributed by atoms with Crippen LogP contribution in [0.4, 0.5) is 0 Å². The summed E-state index contributed by atoms with van der Waals surface area (Å²) in [6.45, 7) is 0. The first-order valence-corrected chi connectivity index (χ1v) is 5.88. The molecule has 5 N–H and O–H groups in total. The molecule has 10 heteroatoms. The molecule has 1 amide bonds. The standard InChI is InChI=1S/C11H13N3O7/c15-7-4-6(13-11(21)14-7)9(18)12-5(10(19)20)2-1-3-8(16)17/h4-5H,1-3H2,(H,12,18)(H,16,17)(H,19,20)(H2,13,14,15,21)/t5-/m1/s1. The number of hydrogen-bond donors (Lipinski definition) is 5. The zero-order valence-electron chi connectivity index (χ0n) is 10.7. The van der Waals surface area contributed by atoms with Crippen molar-refractivity contribution in [2.24, 2.45) is 0 Å². The monoisotopic (exact) mass is 299 g/mol. The number of H-pyrrole nitrogens is 2. The normalized spacial score (nSPS) is 11.6. The Morgan fingerprint density at radius 1 is 1.19 bits per heavy atom. The van der Waals surface area contributed by atoms with Crippen molar-refractivity contribution in [1.29, 1.82) is 0 Å². The summed E-state index contributed by atoms with van der Waals surface area (Å²) < 4.78 is 0. The van der Waals surface area contributed by atoms with Gasteiger partial charge in [0.15, 0.2) is 0 Å². The number of carbonyl (C=O) groups is 3. The van der Waals surface area contributed by atoms with Crippen LogP contribution in [0.25, 0.3) is 0 Å². The van der Waals surface area contributed by atoms with Crippen LogP contribution in [0.3, 0.4) is 0 Å². The smallest absolute Gasteiger partial charge is 0.326 e. The second-order valence-electron chi connectivity index (χ2n) is 4.15. The summed E-state index contributed by atoms with van der Waals surface area (Å²) in [7, 11) is 0. The molecule has 1 aromatic heterocycles. The van der Waals surface area contributed by atoms with Crippen LogP contribution >= 0.6 is 0 Å². The van der Waals surface area contributed by atoms with E-state index in [1.54, 1.807) is 0 Å². The van der Waals surface area contributed by atoms with Gasteiger partial charge in [-0.05, 0) is 12.8 Å². The molecule has 1 heterocycles. The highest BCUT2D eigenvalue weighted by Gasteiger charge is 2.21. The van der Waals surface area contributed by atoms with Crippen LogP contribution in [-0.4, -0.2) is 44.1 Å². The minimum Gasteiger partial charge on any atom is -0.481 e. The molecule has 10 nitrogen and oxygen atoms in total. The molecule has 0 radical (unpaired) electrons. The van der Waals surface area contributed by atoms with Crippen molar-refractivity contribution in [2.45, 2.75) is 25.3 Å². The zero-order valence-corrected chi connectivity index (χ0v) is 10.7. The molecule has 0 saturated carbocycles. The number of carboxylic acid groups (broad SMARTS) is 2. The highest BCUT2D eigenvalue weighted by Crippen LogP contribution is 2.02. The van der Waals surface area contributed by atoms with Crippen molar-refractivity contribution in [1.82, 2.24) is 15.3 Å². The van der Waals surface area contributed by atoms with Crippen LogP contribution in [0.2, 0.25) is 0 Å². The van der Waals surface area contributed by atoms with Crippen LogP contribution < -0.4 is 16.6 Å². The van der Waals surface area contributed by atoms with Crippen molar-refractivity contribution in [3.63, 3.8) is 0 Å². The lowest BCUT2D eigenvalue weighted by Crippen LogP contribution is -2.42. The molecule has 114 valence electrons. The molecule has 0 fully saturated rings. The van der Waals surface area contributed by atoms with Gasteiger partial charge in [-0.15, -0.1) is 0 Å². The third-order valence-corrected chi connectivity index (χ3v) is 2.49. The topological polar surface area (TPSA) is 169 Å². The molecule has 0 aliphatic heterocycles. The Labute approximate surface area is 116 Å². The number of amides is 1. The van der Waals surface area contributed by atoms with E-state index in [1.807, 2.05) is 4.98 Å². The SMILES string of the molecule is O=C(O)CCC[C@@H](NC(=O)c1cc(=O)[nH]c(=O)[nH]1)C(=O)O. The van der Waals surface area contributed by atoms with E-state index in [4.69, 9.17) is 10.2 Å². The number of aromatic amines is 2. The molecule has 0 aromatic carbocycles. The van der Waals surface area contributed by atoms with E-state index in [9.17, 15) is 24.0 Å². The summed E-state index contributed by atoms with van der Waals surface area (Å²) in [4.78, 5) is 59.0. The Morgan fingerprint density at radius 2 is 1.86 bits per heavy atom. The van der Waals surface area contributed by atoms with Crippen LogP contribution in [0.15, 0.2) is 15.7 Å². The summed E-state index contributed by atoms with van der Waals surface area (Å²) in [5.74, 6) is -3.37. The van der Waals surface area contributed by atoms with E-state index in [2.05, 4.69) is 10.3 Å². The molecule has 1 atom stereocenters. The Kier molecular flexibility index (Phi) is 5.40. The Hall–Kier alpha value is -2.91. The van der Waals surface area contributed by atoms with Gasteiger partial charge in [-0.3, -0.25) is 19.4 Å². The van der Waals surface area contributed by atoms with Crippen LogP contribution in [0, 0.1) is 0 Å².